The molecular formula is C24H23F3N6S. The second-order valence-corrected chi connectivity index (χ2v) is 10.9. The molecule has 0 bridgehead atoms. The Labute approximate surface area is 199 Å². The Balaban J connectivity index is 1.38. The number of pyridine rings is 1. The van der Waals surface area contributed by atoms with Crippen LogP contribution in [0.15, 0.2) is 30.5 Å². The molecule has 10 heteroatoms. The molecule has 34 heavy (non-hydrogen) atoms. The second kappa shape index (κ2) is 7.36. The Morgan fingerprint density at radius 2 is 1.94 bits per heavy atom. The molecule has 1 aromatic carbocycles. The van der Waals surface area contributed by atoms with Crippen LogP contribution < -0.4 is 4.90 Å². The number of halogens is 3. The zero-order valence-electron chi connectivity index (χ0n) is 18.6. The summed E-state index contributed by atoms with van der Waals surface area (Å²) in [5.74, 6) is 0.268. The molecule has 0 spiro atoms. The van der Waals surface area contributed by atoms with E-state index in [1.807, 2.05) is 6.07 Å². The van der Waals surface area contributed by atoms with Crippen molar-refractivity contribution in [3.8, 4) is 6.07 Å². The van der Waals surface area contributed by atoms with Crippen molar-refractivity contribution in [1.82, 2.24) is 20.1 Å². The van der Waals surface area contributed by atoms with Crippen molar-refractivity contribution in [2.45, 2.75) is 36.8 Å². The molecule has 1 aliphatic carbocycles. The fraction of sp³-hybridized carbons (Fsp3) is 0.500. The van der Waals surface area contributed by atoms with E-state index in [-0.39, 0.29) is 25.4 Å². The van der Waals surface area contributed by atoms with E-state index < -0.39 is 17.0 Å². The lowest BCUT2D eigenvalue weighted by molar-refractivity contribution is -0.186. The van der Waals surface area contributed by atoms with Crippen LogP contribution in [0.25, 0.3) is 10.9 Å². The molecular weight excluding hydrogens is 461 g/mol. The maximum atomic E-state index is 14.5. The Bertz CT molecular complexity index is 1310. The van der Waals surface area contributed by atoms with E-state index >= 15 is 0 Å². The van der Waals surface area contributed by atoms with Gasteiger partial charge in [-0.15, -0.1) is 21.5 Å². The third-order valence-electron chi connectivity index (χ3n) is 7.98. The van der Waals surface area contributed by atoms with Gasteiger partial charge >= 0.3 is 6.18 Å². The molecule has 2 aromatic heterocycles. The summed E-state index contributed by atoms with van der Waals surface area (Å²) in [6, 6.07) is 9.08. The van der Waals surface area contributed by atoms with Crippen molar-refractivity contribution in [3.05, 3.63) is 46.0 Å². The molecule has 4 heterocycles. The van der Waals surface area contributed by atoms with Crippen molar-refractivity contribution in [3.63, 3.8) is 0 Å². The van der Waals surface area contributed by atoms with E-state index in [0.29, 0.717) is 27.2 Å². The van der Waals surface area contributed by atoms with Gasteiger partial charge in [-0.1, -0.05) is 0 Å². The van der Waals surface area contributed by atoms with Crippen molar-refractivity contribution >= 4 is 27.9 Å². The maximum absolute atomic E-state index is 14.5. The fourth-order valence-corrected chi connectivity index (χ4v) is 7.24. The monoisotopic (exact) mass is 484 g/mol. The van der Waals surface area contributed by atoms with Crippen LogP contribution in [-0.2, 0) is 5.41 Å². The maximum Gasteiger partial charge on any atom is 0.397 e. The van der Waals surface area contributed by atoms with Crippen LogP contribution in [0.2, 0.25) is 0 Å². The van der Waals surface area contributed by atoms with Gasteiger partial charge in [0.15, 0.2) is 0 Å². The van der Waals surface area contributed by atoms with E-state index in [9.17, 15) is 18.4 Å². The zero-order chi connectivity index (χ0) is 23.7. The number of fused-ring (bicyclic) bond motifs is 2. The van der Waals surface area contributed by atoms with Gasteiger partial charge in [-0.2, -0.15) is 18.4 Å². The Hall–Kier alpha value is -2.77. The number of hydrogen-bond donors (Lipinski definition) is 0. The standard InChI is InChI=1S/C24H23F3N6S/c1-32-9-6-15(7-10-32)20-30-31-21(34-20)22-12-23(22,24(25,26)27)14-33(13-22)18-5-4-16(11-28)19-17(18)3-2-8-29-19/h2-5,8,15H,6-7,9-10,12-14H2,1H3/t22-,23-/m0/s1. The first kappa shape index (κ1) is 21.7. The van der Waals surface area contributed by atoms with E-state index in [1.54, 1.807) is 29.3 Å². The van der Waals surface area contributed by atoms with E-state index in [4.69, 9.17) is 0 Å². The van der Waals surface area contributed by atoms with Crippen LogP contribution in [0, 0.1) is 16.7 Å². The van der Waals surface area contributed by atoms with Gasteiger partial charge in [-0.25, -0.2) is 0 Å². The first-order valence-corrected chi connectivity index (χ1v) is 12.2. The normalized spacial score (nSPS) is 27.7. The molecule has 3 aliphatic rings. The summed E-state index contributed by atoms with van der Waals surface area (Å²) < 4.78 is 43.5. The summed E-state index contributed by atoms with van der Waals surface area (Å²) in [4.78, 5) is 8.39. The van der Waals surface area contributed by atoms with Crippen molar-refractivity contribution in [2.75, 3.05) is 38.1 Å². The Kier molecular flexibility index (Phi) is 4.71. The lowest BCUT2D eigenvalue weighted by Gasteiger charge is -2.27. The van der Waals surface area contributed by atoms with Crippen LogP contribution in [-0.4, -0.2) is 59.5 Å². The molecule has 3 fully saturated rings. The molecule has 0 radical (unpaired) electrons. The van der Waals surface area contributed by atoms with Gasteiger partial charge in [0.05, 0.1) is 21.9 Å². The summed E-state index contributed by atoms with van der Waals surface area (Å²) >= 11 is 1.38. The van der Waals surface area contributed by atoms with E-state index in [1.165, 1.54) is 11.3 Å². The SMILES string of the molecule is CN1CCC(c2nnc([C@]34CN(c5ccc(C#N)c6ncccc56)C[C@@]3(C(F)(F)F)C4)s2)CC1. The van der Waals surface area contributed by atoms with E-state index in [2.05, 4.69) is 33.2 Å². The van der Waals surface area contributed by atoms with Gasteiger partial charge in [-0.05, 0) is 63.7 Å². The molecule has 2 aliphatic heterocycles. The minimum atomic E-state index is -4.35. The highest BCUT2D eigenvalue weighted by atomic mass is 32.1. The molecule has 1 saturated carbocycles. The minimum Gasteiger partial charge on any atom is -0.369 e. The third kappa shape index (κ3) is 2.99. The summed E-state index contributed by atoms with van der Waals surface area (Å²) in [6.45, 7) is 2.02. The Morgan fingerprint density at radius 1 is 1.15 bits per heavy atom. The molecule has 2 atom stereocenters. The average Bonchev–Trinajstić information content (AvgIpc) is 3.14. The predicted octanol–water partition coefficient (Wildman–Crippen LogP) is 4.48. The zero-order valence-corrected chi connectivity index (χ0v) is 19.5. The number of aromatic nitrogens is 3. The van der Waals surface area contributed by atoms with E-state index in [0.717, 1.165) is 30.9 Å². The first-order valence-electron chi connectivity index (χ1n) is 11.4. The number of nitriles is 1. The average molecular weight is 485 g/mol. The van der Waals surface area contributed by atoms with Crippen LogP contribution in [0.1, 0.15) is 40.8 Å². The van der Waals surface area contributed by atoms with Crippen LogP contribution in [0.4, 0.5) is 18.9 Å². The number of piperidine rings is 2. The van der Waals surface area contributed by atoms with Crippen LogP contribution in [0.3, 0.4) is 0 Å². The molecule has 0 amide bonds. The summed E-state index contributed by atoms with van der Waals surface area (Å²) in [7, 11) is 2.08. The van der Waals surface area contributed by atoms with Gasteiger partial charge in [-0.3, -0.25) is 4.98 Å². The highest BCUT2D eigenvalue weighted by Gasteiger charge is 2.85. The molecule has 2 saturated heterocycles. The topological polar surface area (TPSA) is 68.9 Å². The van der Waals surface area contributed by atoms with Gasteiger partial charge in [0.25, 0.3) is 0 Å². The quantitative estimate of drug-likeness (QED) is 0.546. The van der Waals surface area contributed by atoms with Crippen molar-refractivity contribution in [1.29, 1.82) is 5.26 Å². The second-order valence-electron chi connectivity index (χ2n) is 9.86. The van der Waals surface area contributed by atoms with Gasteiger partial charge in [0.2, 0.25) is 0 Å². The molecule has 0 N–H and O–H groups in total. The lowest BCUT2D eigenvalue weighted by Crippen LogP contribution is -2.34. The minimum absolute atomic E-state index is 0.0501. The number of benzene rings is 1. The number of hydrogen-bond acceptors (Lipinski definition) is 7. The smallest absolute Gasteiger partial charge is 0.369 e. The number of likely N-dealkylation sites (tertiary alicyclic amines) is 1. The molecule has 0 unspecified atom stereocenters. The molecule has 6 rings (SSSR count). The van der Waals surface area contributed by atoms with Crippen molar-refractivity contribution < 1.29 is 13.2 Å². The van der Waals surface area contributed by atoms with Gasteiger partial charge < -0.3 is 9.80 Å². The predicted molar refractivity (Wildman–Crippen MR) is 123 cm³/mol. The molecule has 3 aromatic rings. The third-order valence-corrected chi connectivity index (χ3v) is 9.27. The van der Waals surface area contributed by atoms with Crippen LogP contribution in [0.5, 0.6) is 0 Å². The first-order chi connectivity index (χ1) is 16.3. The lowest BCUT2D eigenvalue weighted by atomic mass is 9.96. The summed E-state index contributed by atoms with van der Waals surface area (Å²) in [5, 5.41) is 20.2. The largest absolute Gasteiger partial charge is 0.397 e. The number of nitrogens with zero attached hydrogens (tertiary/aromatic N) is 6. The molecule has 176 valence electrons. The number of anilines is 1. The highest BCUT2D eigenvalue weighted by molar-refractivity contribution is 7.11. The summed E-state index contributed by atoms with van der Waals surface area (Å²) in [6.07, 6.45) is -0.785. The van der Waals surface area contributed by atoms with Crippen molar-refractivity contribution in [2.24, 2.45) is 5.41 Å². The number of alkyl halides is 3. The summed E-state index contributed by atoms with van der Waals surface area (Å²) in [5.41, 5.74) is -1.30. The van der Waals surface area contributed by atoms with Gasteiger partial charge in [0, 0.05) is 36.3 Å². The number of rotatable bonds is 3. The van der Waals surface area contributed by atoms with Crippen LogP contribution >= 0.6 is 11.3 Å². The fourth-order valence-electron chi connectivity index (χ4n) is 5.94. The highest BCUT2D eigenvalue weighted by Crippen LogP contribution is 2.75. The Morgan fingerprint density at radius 3 is 2.68 bits per heavy atom. The van der Waals surface area contributed by atoms with Gasteiger partial charge in [0.1, 0.15) is 16.1 Å². The molecule has 6 nitrogen and oxygen atoms in total.